The fourth-order valence-electron chi connectivity index (χ4n) is 1.73. The van der Waals surface area contributed by atoms with E-state index in [1.165, 1.54) is 16.7 Å². The quantitative estimate of drug-likeness (QED) is 0.866. The highest BCUT2D eigenvalue weighted by Crippen LogP contribution is 2.21. The van der Waals surface area contributed by atoms with Crippen molar-refractivity contribution in [2.75, 3.05) is 0 Å². The molecule has 1 aromatic heterocycles. The number of hydrogen-bond donors (Lipinski definition) is 2. The molecule has 110 valence electrons. The molecule has 0 aliphatic rings. The lowest BCUT2D eigenvalue weighted by atomic mass is 10.1. The molecule has 5 nitrogen and oxygen atoms in total. The van der Waals surface area contributed by atoms with E-state index in [2.05, 4.69) is 26.2 Å². The summed E-state index contributed by atoms with van der Waals surface area (Å²) < 4.78 is 0.711. The van der Waals surface area contributed by atoms with Gasteiger partial charge in [-0.1, -0.05) is 11.6 Å². The van der Waals surface area contributed by atoms with Crippen molar-refractivity contribution in [2.24, 2.45) is 0 Å². The van der Waals surface area contributed by atoms with Gasteiger partial charge in [0.05, 0.1) is 11.6 Å². The number of carbonyl (C=O) groups excluding carboxylic acids is 1. The van der Waals surface area contributed by atoms with Crippen LogP contribution in [0.3, 0.4) is 0 Å². The Bertz CT molecular complexity index is 699. The second-order valence-corrected chi connectivity index (χ2v) is 6.30. The first kappa shape index (κ1) is 15.7. The number of nitrogens with one attached hydrogen (secondary N) is 1. The van der Waals surface area contributed by atoms with Crippen LogP contribution in [0, 0.1) is 6.92 Å². The van der Waals surface area contributed by atoms with E-state index in [1.807, 2.05) is 19.1 Å². The second kappa shape index (κ2) is 6.36. The molecule has 0 spiro atoms. The van der Waals surface area contributed by atoms with Gasteiger partial charge in [-0.15, -0.1) is 11.3 Å². The van der Waals surface area contributed by atoms with Crippen molar-refractivity contribution in [3.63, 3.8) is 0 Å². The van der Waals surface area contributed by atoms with Crippen molar-refractivity contribution in [3.05, 3.63) is 49.9 Å². The minimum atomic E-state index is -1.07. The normalized spacial score (nSPS) is 12.0. The van der Waals surface area contributed by atoms with Crippen LogP contribution >= 0.6 is 27.3 Å². The number of aromatic carboxylic acids is 1. The molecule has 1 unspecified atom stereocenters. The Morgan fingerprint density at radius 2 is 2.14 bits per heavy atom. The number of nitrogens with zero attached hydrogens (tertiary/aromatic N) is 1. The Balaban J connectivity index is 2.14. The van der Waals surface area contributed by atoms with E-state index in [0.717, 1.165) is 5.56 Å². The third-order valence-corrected chi connectivity index (χ3v) is 4.54. The molecule has 0 fully saturated rings. The van der Waals surface area contributed by atoms with Crippen molar-refractivity contribution >= 4 is 39.1 Å². The van der Waals surface area contributed by atoms with Crippen LogP contribution in [0.4, 0.5) is 0 Å². The molecule has 1 heterocycles. The van der Waals surface area contributed by atoms with E-state index in [4.69, 9.17) is 5.11 Å². The van der Waals surface area contributed by atoms with Gasteiger partial charge in [0.25, 0.3) is 5.91 Å². The second-order valence-electron chi connectivity index (χ2n) is 4.55. The molecule has 0 aliphatic heterocycles. The average Bonchev–Trinajstić information content (AvgIpc) is 2.91. The highest BCUT2D eigenvalue weighted by atomic mass is 79.9. The zero-order valence-electron chi connectivity index (χ0n) is 11.4. The van der Waals surface area contributed by atoms with Gasteiger partial charge in [0.15, 0.2) is 5.69 Å². The first-order chi connectivity index (χ1) is 9.88. The minimum absolute atomic E-state index is 0.00663. The molecule has 2 aromatic rings. The number of halogens is 1. The van der Waals surface area contributed by atoms with E-state index in [-0.39, 0.29) is 17.6 Å². The Kier molecular flexibility index (Phi) is 4.74. The number of hydrogen-bond acceptors (Lipinski definition) is 4. The van der Waals surface area contributed by atoms with Crippen molar-refractivity contribution in [1.29, 1.82) is 0 Å². The van der Waals surface area contributed by atoms with Crippen LogP contribution in [0.15, 0.2) is 28.1 Å². The van der Waals surface area contributed by atoms with Crippen LogP contribution in [0.25, 0.3) is 0 Å². The topological polar surface area (TPSA) is 79.3 Å². The summed E-state index contributed by atoms with van der Waals surface area (Å²) in [5.74, 6) is -1.30. The standard InChI is InChI=1S/C14H13BrN2O3S/c1-7-3-4-10(15)9(5-7)12(18)16-8(2)13-17-11(6-21-13)14(19)20/h3-6,8H,1-2H3,(H,16,18)(H,19,20). The van der Waals surface area contributed by atoms with Gasteiger partial charge in [0.1, 0.15) is 5.01 Å². The van der Waals surface area contributed by atoms with Crippen molar-refractivity contribution < 1.29 is 14.7 Å². The highest BCUT2D eigenvalue weighted by Gasteiger charge is 2.18. The first-order valence-corrected chi connectivity index (χ1v) is 7.81. The number of benzene rings is 1. The number of aryl methyl sites for hydroxylation is 1. The maximum atomic E-state index is 12.3. The van der Waals surface area contributed by atoms with Crippen LogP contribution < -0.4 is 5.32 Å². The lowest BCUT2D eigenvalue weighted by molar-refractivity contribution is 0.0691. The van der Waals surface area contributed by atoms with Gasteiger partial charge in [0, 0.05) is 9.85 Å². The summed E-state index contributed by atoms with van der Waals surface area (Å²) in [6.45, 7) is 3.68. The Morgan fingerprint density at radius 3 is 2.76 bits per heavy atom. The van der Waals surface area contributed by atoms with E-state index in [1.54, 1.807) is 13.0 Å². The zero-order chi connectivity index (χ0) is 15.6. The highest BCUT2D eigenvalue weighted by molar-refractivity contribution is 9.10. The third kappa shape index (κ3) is 3.68. The first-order valence-electron chi connectivity index (χ1n) is 6.14. The molecule has 2 rings (SSSR count). The number of thiazole rings is 1. The monoisotopic (exact) mass is 368 g/mol. The van der Waals surface area contributed by atoms with E-state index < -0.39 is 5.97 Å². The molecule has 1 aromatic carbocycles. The Morgan fingerprint density at radius 1 is 1.43 bits per heavy atom. The van der Waals surface area contributed by atoms with Crippen LogP contribution in [0.5, 0.6) is 0 Å². The molecule has 0 saturated heterocycles. The summed E-state index contributed by atoms with van der Waals surface area (Å²) in [6.07, 6.45) is 0. The molecule has 7 heteroatoms. The van der Waals surface area contributed by atoms with Crippen LogP contribution in [0.2, 0.25) is 0 Å². The van der Waals surface area contributed by atoms with E-state index in [9.17, 15) is 9.59 Å². The molecule has 1 amide bonds. The summed E-state index contributed by atoms with van der Waals surface area (Å²) in [5, 5.41) is 13.7. The lowest BCUT2D eigenvalue weighted by Gasteiger charge is -2.12. The maximum absolute atomic E-state index is 12.3. The molecular weight excluding hydrogens is 356 g/mol. The minimum Gasteiger partial charge on any atom is -0.476 e. The molecule has 2 N–H and O–H groups in total. The number of rotatable bonds is 4. The third-order valence-electron chi connectivity index (χ3n) is 2.83. The Labute approximate surface area is 134 Å². The van der Waals surface area contributed by atoms with E-state index >= 15 is 0 Å². The van der Waals surface area contributed by atoms with Crippen LogP contribution in [-0.4, -0.2) is 22.0 Å². The smallest absolute Gasteiger partial charge is 0.355 e. The van der Waals surface area contributed by atoms with Crippen molar-refractivity contribution in [3.8, 4) is 0 Å². The maximum Gasteiger partial charge on any atom is 0.355 e. The van der Waals surface area contributed by atoms with Crippen LogP contribution in [0.1, 0.15) is 44.4 Å². The zero-order valence-corrected chi connectivity index (χ0v) is 13.8. The molecule has 0 aliphatic carbocycles. The Hall–Kier alpha value is -1.73. The molecule has 21 heavy (non-hydrogen) atoms. The van der Waals surface area contributed by atoms with Crippen molar-refractivity contribution in [2.45, 2.75) is 19.9 Å². The van der Waals surface area contributed by atoms with Crippen LogP contribution in [-0.2, 0) is 0 Å². The molecular formula is C14H13BrN2O3S. The number of aromatic nitrogens is 1. The summed E-state index contributed by atoms with van der Waals surface area (Å²) in [6, 6.07) is 5.16. The van der Waals surface area contributed by atoms with Gasteiger partial charge >= 0.3 is 5.97 Å². The fraction of sp³-hybridized carbons (Fsp3) is 0.214. The molecule has 0 bridgehead atoms. The number of amides is 1. The summed E-state index contributed by atoms with van der Waals surface area (Å²) in [4.78, 5) is 27.1. The number of carboxylic acid groups (broad SMARTS) is 1. The molecule has 0 radical (unpaired) electrons. The van der Waals surface area contributed by atoms with Gasteiger partial charge in [0.2, 0.25) is 0 Å². The van der Waals surface area contributed by atoms with Gasteiger partial charge in [-0.25, -0.2) is 9.78 Å². The number of carbonyl (C=O) groups is 2. The average molecular weight is 369 g/mol. The van der Waals surface area contributed by atoms with Gasteiger partial charge < -0.3 is 10.4 Å². The lowest BCUT2D eigenvalue weighted by Crippen LogP contribution is -2.27. The molecule has 0 saturated carbocycles. The largest absolute Gasteiger partial charge is 0.476 e. The van der Waals surface area contributed by atoms with Gasteiger partial charge in [-0.3, -0.25) is 4.79 Å². The van der Waals surface area contributed by atoms with Crippen molar-refractivity contribution in [1.82, 2.24) is 10.3 Å². The van der Waals surface area contributed by atoms with E-state index in [0.29, 0.717) is 15.0 Å². The summed E-state index contributed by atoms with van der Waals surface area (Å²) in [7, 11) is 0. The summed E-state index contributed by atoms with van der Waals surface area (Å²) in [5.41, 5.74) is 1.52. The number of carboxylic acids is 1. The fourth-order valence-corrected chi connectivity index (χ4v) is 2.96. The summed E-state index contributed by atoms with van der Waals surface area (Å²) >= 11 is 4.56. The van der Waals surface area contributed by atoms with Gasteiger partial charge in [-0.2, -0.15) is 0 Å². The predicted octanol–water partition coefficient (Wildman–Crippen LogP) is 3.40. The SMILES string of the molecule is Cc1ccc(Br)c(C(=O)NC(C)c2nc(C(=O)O)cs2)c1. The van der Waals surface area contributed by atoms with Gasteiger partial charge in [-0.05, 0) is 41.9 Å². The predicted molar refractivity (Wildman–Crippen MR) is 83.8 cm³/mol. The molecule has 1 atom stereocenters.